The van der Waals surface area contributed by atoms with Crippen molar-refractivity contribution < 1.29 is 9.53 Å². The van der Waals surface area contributed by atoms with Gasteiger partial charge in [-0.15, -0.1) is 0 Å². The van der Waals surface area contributed by atoms with Crippen LogP contribution in [0.5, 0.6) is 0 Å². The summed E-state index contributed by atoms with van der Waals surface area (Å²) in [6.07, 6.45) is 4.48. The molecule has 0 bridgehead atoms. The molecule has 3 heterocycles. The van der Waals surface area contributed by atoms with Crippen molar-refractivity contribution in [3.63, 3.8) is 0 Å². The Morgan fingerprint density at radius 2 is 1.94 bits per heavy atom. The van der Waals surface area contributed by atoms with E-state index in [0.29, 0.717) is 18.2 Å². The molecule has 2 N–H and O–H groups in total. The minimum Gasteiger partial charge on any atom is -0.377 e. The maximum atomic E-state index is 13.8. The molecular formula is C26H27ClN6O2. The van der Waals surface area contributed by atoms with E-state index >= 15 is 0 Å². The fourth-order valence-corrected chi connectivity index (χ4v) is 4.92. The lowest BCUT2D eigenvalue weighted by Gasteiger charge is -2.36. The number of fused-ring (bicyclic) bond motifs is 1. The zero-order valence-electron chi connectivity index (χ0n) is 19.5. The summed E-state index contributed by atoms with van der Waals surface area (Å²) < 4.78 is 7.30. The fraction of sp³-hybridized carbons (Fsp3) is 0.308. The van der Waals surface area contributed by atoms with E-state index < -0.39 is 0 Å². The standard InChI is InChI=1S/C26H27ClN6O2/c1-35-16-23-30-20-6-2-3-7-21(20)33(23)15-24(34)32-13-5-4-8-22(32)25-19(14-29-26(28)31-25)17-9-11-18(27)12-10-17/h2-3,6-7,9-12,14,22H,4-5,8,13,15-16H2,1H3,(H2,28,29,31). The minimum absolute atomic E-state index is 0.00875. The average molecular weight is 491 g/mol. The minimum atomic E-state index is -0.201. The van der Waals surface area contributed by atoms with Crippen molar-refractivity contribution in [3.8, 4) is 11.1 Å². The van der Waals surface area contributed by atoms with Gasteiger partial charge >= 0.3 is 0 Å². The number of carbonyl (C=O) groups excluding carboxylic acids is 1. The molecule has 0 spiro atoms. The molecule has 0 saturated carbocycles. The van der Waals surface area contributed by atoms with Crippen molar-refractivity contribution in [2.75, 3.05) is 19.4 Å². The second-order valence-corrected chi connectivity index (χ2v) is 9.11. The van der Waals surface area contributed by atoms with Crippen LogP contribution in [-0.2, 0) is 22.7 Å². The molecule has 9 heteroatoms. The number of hydrogen-bond acceptors (Lipinski definition) is 6. The molecule has 4 aromatic rings. The number of amides is 1. The molecule has 1 amide bonds. The molecule has 0 radical (unpaired) electrons. The lowest BCUT2D eigenvalue weighted by atomic mass is 9.93. The second kappa shape index (κ2) is 10.0. The number of ether oxygens (including phenoxy) is 1. The topological polar surface area (TPSA) is 99.2 Å². The van der Waals surface area contributed by atoms with Gasteiger partial charge in [0.25, 0.3) is 0 Å². The Kier molecular flexibility index (Phi) is 6.66. The Labute approximate surface area is 208 Å². The first kappa shape index (κ1) is 23.3. The number of halogens is 1. The van der Waals surface area contributed by atoms with Crippen LogP contribution < -0.4 is 5.73 Å². The van der Waals surface area contributed by atoms with E-state index in [-0.39, 0.29) is 24.4 Å². The molecule has 5 rings (SSSR count). The second-order valence-electron chi connectivity index (χ2n) is 8.67. The van der Waals surface area contributed by atoms with Crippen molar-refractivity contribution in [2.24, 2.45) is 0 Å². The van der Waals surface area contributed by atoms with E-state index in [1.807, 2.05) is 58.0 Å². The number of likely N-dealkylation sites (tertiary alicyclic amines) is 1. The largest absolute Gasteiger partial charge is 0.377 e. The number of anilines is 1. The molecule has 8 nitrogen and oxygen atoms in total. The van der Waals surface area contributed by atoms with Gasteiger partial charge in [-0.1, -0.05) is 35.9 Å². The highest BCUT2D eigenvalue weighted by molar-refractivity contribution is 6.30. The third-order valence-corrected chi connectivity index (χ3v) is 6.68. The van der Waals surface area contributed by atoms with Gasteiger partial charge in [0.05, 0.1) is 22.8 Å². The van der Waals surface area contributed by atoms with Gasteiger partial charge in [-0.05, 0) is 49.1 Å². The molecule has 1 saturated heterocycles. The quantitative estimate of drug-likeness (QED) is 0.423. The third-order valence-electron chi connectivity index (χ3n) is 6.43. The average Bonchev–Trinajstić information content (AvgIpc) is 3.21. The summed E-state index contributed by atoms with van der Waals surface area (Å²) in [7, 11) is 1.63. The smallest absolute Gasteiger partial charge is 0.243 e. The molecule has 1 aliphatic rings. The maximum absolute atomic E-state index is 13.8. The lowest BCUT2D eigenvalue weighted by molar-refractivity contribution is -0.135. The normalized spacial score (nSPS) is 16.1. The molecule has 1 fully saturated rings. The Hall–Kier alpha value is -3.49. The summed E-state index contributed by atoms with van der Waals surface area (Å²) >= 11 is 6.10. The van der Waals surface area contributed by atoms with Gasteiger partial charge in [-0.3, -0.25) is 4.79 Å². The maximum Gasteiger partial charge on any atom is 0.243 e. The van der Waals surface area contributed by atoms with Gasteiger partial charge in [0.1, 0.15) is 19.0 Å². The zero-order chi connectivity index (χ0) is 24.4. The van der Waals surface area contributed by atoms with Crippen LogP contribution in [0.3, 0.4) is 0 Å². The summed E-state index contributed by atoms with van der Waals surface area (Å²) in [6.45, 7) is 1.15. The highest BCUT2D eigenvalue weighted by Gasteiger charge is 2.32. The predicted molar refractivity (Wildman–Crippen MR) is 136 cm³/mol. The van der Waals surface area contributed by atoms with Crippen LogP contribution in [0.15, 0.2) is 54.7 Å². The first-order chi connectivity index (χ1) is 17.0. The number of nitrogens with zero attached hydrogens (tertiary/aromatic N) is 5. The highest BCUT2D eigenvalue weighted by atomic mass is 35.5. The van der Waals surface area contributed by atoms with Crippen molar-refractivity contribution in [1.82, 2.24) is 24.4 Å². The van der Waals surface area contributed by atoms with Crippen LogP contribution in [-0.4, -0.2) is 44.0 Å². The zero-order valence-corrected chi connectivity index (χ0v) is 20.3. The summed E-state index contributed by atoms with van der Waals surface area (Å²) in [6, 6.07) is 15.2. The van der Waals surface area contributed by atoms with Crippen LogP contribution in [0.25, 0.3) is 22.2 Å². The van der Waals surface area contributed by atoms with E-state index in [9.17, 15) is 4.79 Å². The predicted octanol–water partition coefficient (Wildman–Crippen LogP) is 4.63. The lowest BCUT2D eigenvalue weighted by Crippen LogP contribution is -2.41. The Balaban J connectivity index is 1.50. The molecule has 2 aromatic heterocycles. The van der Waals surface area contributed by atoms with Crippen molar-refractivity contribution in [1.29, 1.82) is 0 Å². The van der Waals surface area contributed by atoms with Crippen LogP contribution in [0, 0.1) is 0 Å². The molecular weight excluding hydrogens is 464 g/mol. The Morgan fingerprint density at radius 3 is 2.74 bits per heavy atom. The summed E-state index contributed by atoms with van der Waals surface area (Å²) in [5.41, 5.74) is 10.3. The van der Waals surface area contributed by atoms with Crippen LogP contribution in [0.1, 0.15) is 36.8 Å². The number of rotatable bonds is 6. The van der Waals surface area contributed by atoms with Crippen LogP contribution in [0.2, 0.25) is 5.02 Å². The molecule has 1 aliphatic heterocycles. The van der Waals surface area contributed by atoms with Crippen LogP contribution >= 0.6 is 11.6 Å². The monoisotopic (exact) mass is 490 g/mol. The number of aromatic nitrogens is 4. The van der Waals surface area contributed by atoms with E-state index in [1.165, 1.54) is 0 Å². The first-order valence-electron chi connectivity index (χ1n) is 11.7. The van der Waals surface area contributed by atoms with Gasteiger partial charge in [0.15, 0.2) is 0 Å². The van der Waals surface area contributed by atoms with Gasteiger partial charge in [-0.25, -0.2) is 15.0 Å². The number of nitrogen functional groups attached to an aromatic ring is 1. The number of benzene rings is 2. The fourth-order valence-electron chi connectivity index (χ4n) is 4.80. The SMILES string of the molecule is COCc1nc2ccccc2n1CC(=O)N1CCCCC1c1nc(N)ncc1-c1ccc(Cl)cc1. The van der Waals surface area contributed by atoms with E-state index in [0.717, 1.165) is 52.9 Å². The number of imidazole rings is 1. The number of hydrogen-bond donors (Lipinski definition) is 1. The summed E-state index contributed by atoms with van der Waals surface area (Å²) in [5.74, 6) is 0.928. The number of carbonyl (C=O) groups is 1. The number of nitrogens with two attached hydrogens (primary N) is 1. The number of para-hydroxylation sites is 2. The van der Waals surface area contributed by atoms with Crippen molar-refractivity contribution in [2.45, 2.75) is 38.5 Å². The Morgan fingerprint density at radius 1 is 1.14 bits per heavy atom. The van der Waals surface area contributed by atoms with Crippen molar-refractivity contribution >= 4 is 34.5 Å². The highest BCUT2D eigenvalue weighted by Crippen LogP contribution is 2.36. The van der Waals surface area contributed by atoms with Gasteiger partial charge in [-0.2, -0.15) is 0 Å². The van der Waals surface area contributed by atoms with E-state index in [4.69, 9.17) is 22.1 Å². The molecule has 2 aromatic carbocycles. The number of piperidine rings is 1. The third kappa shape index (κ3) is 4.72. The molecule has 1 unspecified atom stereocenters. The first-order valence-corrected chi connectivity index (χ1v) is 12.0. The van der Waals surface area contributed by atoms with E-state index in [1.54, 1.807) is 13.3 Å². The summed E-state index contributed by atoms with van der Waals surface area (Å²) in [4.78, 5) is 29.2. The van der Waals surface area contributed by atoms with Crippen molar-refractivity contribution in [3.05, 3.63) is 71.3 Å². The van der Waals surface area contributed by atoms with Gasteiger partial charge in [0, 0.05) is 30.4 Å². The Bertz CT molecular complexity index is 1350. The number of methoxy groups -OCH3 is 1. The summed E-state index contributed by atoms with van der Waals surface area (Å²) in [5, 5.41) is 0.653. The van der Waals surface area contributed by atoms with Crippen LogP contribution in [0.4, 0.5) is 5.95 Å². The molecule has 0 aliphatic carbocycles. The van der Waals surface area contributed by atoms with Gasteiger partial charge in [0.2, 0.25) is 11.9 Å². The van der Waals surface area contributed by atoms with Gasteiger partial charge < -0.3 is 19.9 Å². The molecule has 35 heavy (non-hydrogen) atoms. The molecule has 1 atom stereocenters. The van der Waals surface area contributed by atoms with E-state index in [2.05, 4.69) is 15.0 Å². The molecule has 180 valence electrons.